The van der Waals surface area contributed by atoms with Crippen LogP contribution in [0.1, 0.15) is 0 Å². The van der Waals surface area contributed by atoms with E-state index in [-0.39, 0.29) is 33.5 Å². The van der Waals surface area contributed by atoms with E-state index in [9.17, 15) is 17.6 Å². The zero-order chi connectivity index (χ0) is 24.9. The average molecular weight is 584 g/mol. The van der Waals surface area contributed by atoms with E-state index >= 15 is 0 Å². The van der Waals surface area contributed by atoms with E-state index in [2.05, 4.69) is 36.0 Å². The van der Waals surface area contributed by atoms with Crippen LogP contribution in [0.4, 0.5) is 9.18 Å². The van der Waals surface area contributed by atoms with Crippen LogP contribution in [-0.4, -0.2) is 55.5 Å². The number of rotatable bonds is 6. The first-order valence-electron chi connectivity index (χ1n) is 10.8. The summed E-state index contributed by atoms with van der Waals surface area (Å²) in [4.78, 5) is 18.8. The molecule has 2 fully saturated rings. The molecule has 0 bridgehead atoms. The Morgan fingerprint density at radius 3 is 2.66 bits per heavy atom. The van der Waals surface area contributed by atoms with Gasteiger partial charge in [-0.3, -0.25) is 0 Å². The molecule has 184 valence electrons. The van der Waals surface area contributed by atoms with E-state index in [1.54, 1.807) is 30.5 Å². The number of piperidine rings is 1. The number of ether oxygens (including phenoxy) is 1. The number of benzene rings is 2. The van der Waals surface area contributed by atoms with Crippen LogP contribution in [0, 0.1) is 23.6 Å². The quantitative estimate of drug-likeness (QED) is 0.444. The zero-order valence-electron chi connectivity index (χ0n) is 18.5. The molecule has 3 aromatic rings. The first kappa shape index (κ1) is 24.2. The van der Waals surface area contributed by atoms with Crippen molar-refractivity contribution in [3.8, 4) is 22.6 Å². The summed E-state index contributed by atoms with van der Waals surface area (Å²) in [6, 6.07) is 9.37. The van der Waals surface area contributed by atoms with Crippen molar-refractivity contribution >= 4 is 43.6 Å². The van der Waals surface area contributed by atoms with Crippen LogP contribution in [0.25, 0.3) is 22.6 Å². The second kappa shape index (κ2) is 9.20. The highest BCUT2D eigenvalue weighted by Gasteiger charge is 2.57. The van der Waals surface area contributed by atoms with Crippen LogP contribution in [0.2, 0.25) is 5.02 Å². The molecule has 1 amide bonds. The van der Waals surface area contributed by atoms with Gasteiger partial charge in [-0.25, -0.2) is 22.6 Å². The molecule has 35 heavy (non-hydrogen) atoms. The molecule has 8 nitrogen and oxygen atoms in total. The summed E-state index contributed by atoms with van der Waals surface area (Å²) >= 11 is 9.49. The van der Waals surface area contributed by atoms with Crippen LogP contribution in [-0.2, 0) is 14.8 Å². The lowest BCUT2D eigenvalue weighted by atomic mass is 10.2. The Bertz CT molecular complexity index is 1400. The summed E-state index contributed by atoms with van der Waals surface area (Å²) < 4.78 is 46.7. The Morgan fingerprint density at radius 1 is 1.26 bits per heavy atom. The van der Waals surface area contributed by atoms with Crippen LogP contribution in [0.15, 0.2) is 52.0 Å². The molecule has 0 spiro atoms. The standard InChI is InChI=1S/C23H21BrClFN4O4S/c1-34-23(31)28-8-14-15-10-30(11-16(14)15)35(32,33)21-7-13(2-4-18(21)25)22-27-9-20(29-22)12-3-5-19(26)17(24)6-12/h2-7,9,14-16H,8,10-11H2,1H3,(H,27,29)(H,28,31)/t14?,15-,16+. The second-order valence-corrected chi connectivity index (χ2v) is 11.8. The van der Waals surface area contributed by atoms with Crippen LogP contribution >= 0.6 is 27.5 Å². The maximum atomic E-state index is 13.6. The lowest BCUT2D eigenvalue weighted by Gasteiger charge is -2.20. The van der Waals surface area contributed by atoms with Gasteiger partial charge in [0.2, 0.25) is 10.0 Å². The minimum absolute atomic E-state index is 0.0182. The fraction of sp³-hybridized carbons (Fsp3) is 0.304. The Morgan fingerprint density at radius 2 is 1.97 bits per heavy atom. The number of methoxy groups -OCH3 is 1. The maximum Gasteiger partial charge on any atom is 0.406 e. The van der Waals surface area contributed by atoms with Crippen LogP contribution in [0.3, 0.4) is 0 Å². The fourth-order valence-corrected chi connectivity index (χ4v) is 7.04. The van der Waals surface area contributed by atoms with Crippen molar-refractivity contribution in [2.45, 2.75) is 4.90 Å². The number of H-pyrrole nitrogens is 1. The molecule has 1 aliphatic carbocycles. The van der Waals surface area contributed by atoms with Gasteiger partial charge in [0.05, 0.1) is 28.5 Å². The number of aromatic nitrogens is 2. The highest BCUT2D eigenvalue weighted by molar-refractivity contribution is 9.10. The van der Waals surface area contributed by atoms with Crippen molar-refractivity contribution in [1.29, 1.82) is 0 Å². The molecule has 1 saturated carbocycles. The van der Waals surface area contributed by atoms with Gasteiger partial charge in [-0.1, -0.05) is 11.6 Å². The number of fused-ring (bicyclic) bond motifs is 1. The first-order valence-corrected chi connectivity index (χ1v) is 13.4. The molecule has 3 atom stereocenters. The van der Waals surface area contributed by atoms with E-state index in [0.29, 0.717) is 41.2 Å². The number of amides is 1. The molecular weight excluding hydrogens is 563 g/mol. The number of nitrogens with zero attached hydrogens (tertiary/aromatic N) is 2. The maximum absolute atomic E-state index is 13.6. The smallest absolute Gasteiger partial charge is 0.406 e. The van der Waals surface area contributed by atoms with Crippen molar-refractivity contribution in [2.24, 2.45) is 17.8 Å². The summed E-state index contributed by atoms with van der Waals surface area (Å²) in [5.41, 5.74) is 1.95. The van der Waals surface area contributed by atoms with E-state index in [4.69, 9.17) is 11.6 Å². The van der Waals surface area contributed by atoms with Gasteiger partial charge >= 0.3 is 6.09 Å². The number of imidazole rings is 1. The Labute approximate surface area is 215 Å². The van der Waals surface area contributed by atoms with Gasteiger partial charge in [0.1, 0.15) is 16.5 Å². The van der Waals surface area contributed by atoms with Crippen LogP contribution in [0.5, 0.6) is 0 Å². The summed E-state index contributed by atoms with van der Waals surface area (Å²) in [6.45, 7) is 1.23. The number of aromatic amines is 1. The largest absolute Gasteiger partial charge is 0.453 e. The summed E-state index contributed by atoms with van der Waals surface area (Å²) in [5.74, 6) is 0.743. The van der Waals surface area contributed by atoms with Gasteiger partial charge in [-0.2, -0.15) is 4.31 Å². The monoisotopic (exact) mass is 582 g/mol. The van der Waals surface area contributed by atoms with Gasteiger partial charge in [-0.15, -0.1) is 0 Å². The number of carbonyl (C=O) groups is 1. The minimum Gasteiger partial charge on any atom is -0.453 e. The number of sulfonamides is 1. The third-order valence-electron chi connectivity index (χ3n) is 6.63. The highest BCUT2D eigenvalue weighted by atomic mass is 79.9. The van der Waals surface area contributed by atoms with Gasteiger partial charge in [-0.05, 0) is 70.1 Å². The normalized spacial score (nSPS) is 21.5. The fourth-order valence-electron chi connectivity index (χ4n) is 4.65. The van der Waals surface area contributed by atoms with Crippen molar-refractivity contribution in [2.75, 3.05) is 26.7 Å². The molecule has 2 aliphatic rings. The highest BCUT2D eigenvalue weighted by Crippen LogP contribution is 2.52. The molecule has 12 heteroatoms. The lowest BCUT2D eigenvalue weighted by molar-refractivity contribution is 0.170. The first-order chi connectivity index (χ1) is 16.7. The molecule has 1 aliphatic heterocycles. The average Bonchev–Trinajstić information content (AvgIpc) is 3.20. The van der Waals surface area contributed by atoms with Crippen LogP contribution < -0.4 is 5.32 Å². The van der Waals surface area contributed by atoms with Crippen molar-refractivity contribution in [3.05, 3.63) is 57.9 Å². The summed E-state index contributed by atoms with van der Waals surface area (Å²) in [5, 5.41) is 2.81. The summed E-state index contributed by atoms with van der Waals surface area (Å²) in [6.07, 6.45) is 1.12. The van der Waals surface area contributed by atoms with Crippen molar-refractivity contribution in [1.82, 2.24) is 19.6 Å². The minimum atomic E-state index is -3.82. The third-order valence-corrected chi connectivity index (χ3v) is 9.56. The third kappa shape index (κ3) is 4.57. The Hall–Kier alpha value is -2.47. The molecule has 1 saturated heterocycles. The predicted octanol–water partition coefficient (Wildman–Crippen LogP) is 4.52. The van der Waals surface area contributed by atoms with Gasteiger partial charge in [0.25, 0.3) is 0 Å². The topological polar surface area (TPSA) is 104 Å². The predicted molar refractivity (Wildman–Crippen MR) is 132 cm³/mol. The van der Waals surface area contributed by atoms with Crippen molar-refractivity contribution in [3.63, 3.8) is 0 Å². The van der Waals surface area contributed by atoms with E-state index in [1.807, 2.05) is 0 Å². The van der Waals surface area contributed by atoms with E-state index in [0.717, 1.165) is 5.56 Å². The number of alkyl carbamates (subject to hydrolysis) is 1. The molecule has 5 rings (SSSR count). The zero-order valence-corrected chi connectivity index (χ0v) is 21.6. The summed E-state index contributed by atoms with van der Waals surface area (Å²) in [7, 11) is -2.51. The van der Waals surface area contributed by atoms with E-state index in [1.165, 1.54) is 23.5 Å². The molecule has 1 aromatic heterocycles. The van der Waals surface area contributed by atoms with Gasteiger partial charge in [0, 0.05) is 30.8 Å². The number of carbonyl (C=O) groups excluding carboxylic acids is 1. The molecular formula is C23H21BrClFN4O4S. The molecule has 2 N–H and O–H groups in total. The van der Waals surface area contributed by atoms with Gasteiger partial charge in [0.15, 0.2) is 0 Å². The number of nitrogens with one attached hydrogen (secondary N) is 2. The Balaban J connectivity index is 1.33. The van der Waals surface area contributed by atoms with Gasteiger partial charge < -0.3 is 15.0 Å². The Kier molecular flexibility index (Phi) is 6.37. The molecule has 2 aromatic carbocycles. The number of hydrogen-bond donors (Lipinski definition) is 2. The van der Waals surface area contributed by atoms with E-state index < -0.39 is 16.1 Å². The molecule has 0 radical (unpaired) electrons. The number of hydrogen-bond acceptors (Lipinski definition) is 5. The van der Waals surface area contributed by atoms with Crippen molar-refractivity contribution < 1.29 is 22.3 Å². The molecule has 1 unspecified atom stereocenters. The second-order valence-electron chi connectivity index (χ2n) is 8.61. The number of halogens is 3. The molecule has 2 heterocycles. The SMILES string of the molecule is COC(=O)NCC1[C@H]2CN(S(=O)(=O)c3cc(-c4ncc(-c5ccc(F)c(Br)c5)[nH]4)ccc3Cl)C[C@@H]12. The lowest BCUT2D eigenvalue weighted by Crippen LogP contribution is -2.34.